The molecule has 2 rings (SSSR count). The van der Waals surface area contributed by atoms with Crippen LogP contribution in [-0.4, -0.2) is 16.0 Å². The van der Waals surface area contributed by atoms with Crippen LogP contribution in [-0.2, 0) is 6.54 Å². The van der Waals surface area contributed by atoms with E-state index in [0.29, 0.717) is 23.5 Å². The first-order valence-corrected chi connectivity index (χ1v) is 6.23. The summed E-state index contributed by atoms with van der Waals surface area (Å²) in [6.07, 6.45) is 0. The normalized spacial score (nSPS) is 10.3. The van der Waals surface area contributed by atoms with Crippen molar-refractivity contribution in [3.05, 3.63) is 39.8 Å². The number of phenols is 1. The summed E-state index contributed by atoms with van der Waals surface area (Å²) in [6, 6.07) is 4.87. The van der Waals surface area contributed by atoms with Gasteiger partial charge in [-0.1, -0.05) is 0 Å². The Balaban J connectivity index is 2.13. The van der Waals surface area contributed by atoms with E-state index in [1.165, 1.54) is 17.4 Å². The molecule has 18 heavy (non-hydrogen) atoms. The minimum atomic E-state index is -0.281. The molecule has 6 heteroatoms. The van der Waals surface area contributed by atoms with Gasteiger partial charge < -0.3 is 16.2 Å². The maximum absolute atomic E-state index is 11.9. The van der Waals surface area contributed by atoms with Gasteiger partial charge in [-0.15, -0.1) is 11.3 Å². The van der Waals surface area contributed by atoms with Gasteiger partial charge >= 0.3 is 0 Å². The lowest BCUT2D eigenvalue weighted by Crippen LogP contribution is -2.12. The maximum atomic E-state index is 11.9. The molecule has 0 bridgehead atoms. The molecule has 5 nitrogen and oxygen atoms in total. The number of amides is 1. The van der Waals surface area contributed by atoms with Crippen molar-refractivity contribution in [2.75, 3.05) is 5.32 Å². The Hall–Kier alpha value is -1.92. The minimum Gasteiger partial charge on any atom is -0.508 e. The number of hydrogen-bond acceptors (Lipinski definition) is 5. The summed E-state index contributed by atoms with van der Waals surface area (Å²) in [5, 5.41) is 14.5. The van der Waals surface area contributed by atoms with Crippen molar-refractivity contribution in [3.63, 3.8) is 0 Å². The average Bonchev–Trinajstić information content (AvgIpc) is 2.82. The first-order valence-electron chi connectivity index (χ1n) is 5.35. The lowest BCUT2D eigenvalue weighted by atomic mass is 10.2. The number of anilines is 1. The summed E-state index contributed by atoms with van der Waals surface area (Å²) in [4.78, 5) is 16.0. The van der Waals surface area contributed by atoms with Crippen LogP contribution in [0.1, 0.15) is 21.1 Å². The zero-order chi connectivity index (χ0) is 13.1. The monoisotopic (exact) mass is 263 g/mol. The lowest BCUT2D eigenvalue weighted by Gasteiger charge is -2.05. The zero-order valence-corrected chi connectivity index (χ0v) is 10.6. The molecular formula is C12H13N3O2S. The minimum absolute atomic E-state index is 0.201. The van der Waals surface area contributed by atoms with Gasteiger partial charge in [0, 0.05) is 17.6 Å². The second-order valence-corrected chi connectivity index (χ2v) is 4.73. The third kappa shape index (κ3) is 2.66. The molecule has 0 aliphatic rings. The topological polar surface area (TPSA) is 88.2 Å². The number of benzene rings is 1. The van der Waals surface area contributed by atoms with Gasteiger partial charge in [0.25, 0.3) is 5.91 Å². The summed E-state index contributed by atoms with van der Waals surface area (Å²) in [5.74, 6) is -0.0804. The van der Waals surface area contributed by atoms with Crippen LogP contribution in [0.15, 0.2) is 23.6 Å². The molecule has 1 aromatic heterocycles. The van der Waals surface area contributed by atoms with Crippen molar-refractivity contribution in [1.82, 2.24) is 4.98 Å². The standard InChI is InChI=1S/C12H13N3O2S/c1-7-4-8(2-3-10(7)16)14-12(17)9-6-18-11(5-13)15-9/h2-4,6,16H,5,13H2,1H3,(H,14,17). The van der Waals surface area contributed by atoms with Gasteiger partial charge in [-0.05, 0) is 30.7 Å². The molecule has 4 N–H and O–H groups in total. The van der Waals surface area contributed by atoms with Crippen molar-refractivity contribution in [2.24, 2.45) is 5.73 Å². The largest absolute Gasteiger partial charge is 0.508 e. The second kappa shape index (κ2) is 5.16. The van der Waals surface area contributed by atoms with Gasteiger partial charge in [-0.25, -0.2) is 4.98 Å². The van der Waals surface area contributed by atoms with E-state index in [0.717, 1.165) is 5.01 Å². The fourth-order valence-corrected chi connectivity index (χ4v) is 2.09. The van der Waals surface area contributed by atoms with Gasteiger partial charge in [0.2, 0.25) is 0 Å². The second-order valence-electron chi connectivity index (χ2n) is 3.79. The Labute approximate surface area is 108 Å². The van der Waals surface area contributed by atoms with Gasteiger partial charge in [0.15, 0.2) is 0 Å². The van der Waals surface area contributed by atoms with Crippen molar-refractivity contribution < 1.29 is 9.90 Å². The number of thiazole rings is 1. The SMILES string of the molecule is Cc1cc(NC(=O)c2csc(CN)n2)ccc1O. The summed E-state index contributed by atoms with van der Waals surface area (Å²) < 4.78 is 0. The molecule has 0 spiro atoms. The summed E-state index contributed by atoms with van der Waals surface area (Å²) in [6.45, 7) is 2.09. The average molecular weight is 263 g/mol. The van der Waals surface area contributed by atoms with Crippen LogP contribution in [0.5, 0.6) is 5.75 Å². The summed E-state index contributed by atoms with van der Waals surface area (Å²) in [5.41, 5.74) is 7.12. The molecule has 0 radical (unpaired) electrons. The highest BCUT2D eigenvalue weighted by molar-refractivity contribution is 7.09. The number of nitrogens with one attached hydrogen (secondary N) is 1. The van der Waals surface area contributed by atoms with Crippen molar-refractivity contribution in [3.8, 4) is 5.75 Å². The number of aromatic hydroxyl groups is 1. The van der Waals surface area contributed by atoms with Gasteiger partial charge in [0.1, 0.15) is 16.5 Å². The van der Waals surface area contributed by atoms with Gasteiger partial charge in [-0.3, -0.25) is 4.79 Å². The highest BCUT2D eigenvalue weighted by Gasteiger charge is 2.10. The summed E-state index contributed by atoms with van der Waals surface area (Å²) >= 11 is 1.36. The zero-order valence-electron chi connectivity index (χ0n) is 9.80. The first kappa shape index (κ1) is 12.5. The highest BCUT2D eigenvalue weighted by atomic mass is 32.1. The Morgan fingerprint density at radius 3 is 2.94 bits per heavy atom. The van der Waals surface area contributed by atoms with Crippen LogP contribution in [0.2, 0.25) is 0 Å². The molecule has 0 saturated heterocycles. The van der Waals surface area contributed by atoms with E-state index in [1.807, 2.05) is 0 Å². The van der Waals surface area contributed by atoms with Crippen LogP contribution in [0.25, 0.3) is 0 Å². The van der Waals surface area contributed by atoms with Crippen molar-refractivity contribution in [2.45, 2.75) is 13.5 Å². The quantitative estimate of drug-likeness (QED) is 0.738. The van der Waals surface area contributed by atoms with Crippen LogP contribution in [0.3, 0.4) is 0 Å². The third-order valence-corrected chi connectivity index (χ3v) is 3.28. The van der Waals surface area contributed by atoms with E-state index in [2.05, 4.69) is 10.3 Å². The molecular weight excluding hydrogens is 250 g/mol. The molecule has 1 aromatic carbocycles. The number of rotatable bonds is 3. The molecule has 1 heterocycles. The van der Waals surface area contributed by atoms with Crippen molar-refractivity contribution in [1.29, 1.82) is 0 Å². The molecule has 1 amide bonds. The van der Waals surface area contributed by atoms with Crippen LogP contribution in [0.4, 0.5) is 5.69 Å². The van der Waals surface area contributed by atoms with E-state index in [-0.39, 0.29) is 11.7 Å². The Kier molecular flexibility index (Phi) is 3.59. The number of nitrogens with two attached hydrogens (primary N) is 1. The van der Waals surface area contributed by atoms with Gasteiger partial charge in [0.05, 0.1) is 0 Å². The van der Waals surface area contributed by atoms with Crippen LogP contribution < -0.4 is 11.1 Å². The predicted octanol–water partition coefficient (Wildman–Crippen LogP) is 1.87. The number of hydrogen-bond donors (Lipinski definition) is 3. The van der Waals surface area contributed by atoms with Crippen LogP contribution in [0, 0.1) is 6.92 Å². The van der Waals surface area contributed by atoms with E-state index in [1.54, 1.807) is 24.4 Å². The molecule has 0 saturated carbocycles. The number of phenolic OH excluding ortho intramolecular Hbond substituents is 1. The number of carbonyl (C=O) groups excluding carboxylic acids is 1. The highest BCUT2D eigenvalue weighted by Crippen LogP contribution is 2.20. The number of aromatic nitrogens is 1. The third-order valence-electron chi connectivity index (χ3n) is 2.41. The molecule has 2 aromatic rings. The molecule has 0 unspecified atom stereocenters. The fourth-order valence-electron chi connectivity index (χ4n) is 1.44. The summed E-state index contributed by atoms with van der Waals surface area (Å²) in [7, 11) is 0. The van der Waals surface area contributed by atoms with E-state index < -0.39 is 0 Å². The van der Waals surface area contributed by atoms with Crippen molar-refractivity contribution >= 4 is 22.9 Å². The van der Waals surface area contributed by atoms with E-state index in [9.17, 15) is 9.90 Å². The first-order chi connectivity index (χ1) is 8.60. The Bertz CT molecular complexity index is 580. The molecule has 0 aliphatic heterocycles. The molecule has 0 atom stereocenters. The van der Waals surface area contributed by atoms with E-state index >= 15 is 0 Å². The molecule has 94 valence electrons. The number of nitrogens with zero attached hydrogens (tertiary/aromatic N) is 1. The van der Waals surface area contributed by atoms with Gasteiger partial charge in [-0.2, -0.15) is 0 Å². The lowest BCUT2D eigenvalue weighted by molar-refractivity contribution is 0.102. The van der Waals surface area contributed by atoms with Crippen LogP contribution >= 0.6 is 11.3 Å². The van der Waals surface area contributed by atoms with E-state index in [4.69, 9.17) is 5.73 Å². The predicted molar refractivity (Wildman–Crippen MR) is 70.8 cm³/mol. The Morgan fingerprint density at radius 1 is 1.56 bits per heavy atom. The Morgan fingerprint density at radius 2 is 2.33 bits per heavy atom. The molecule has 0 fully saturated rings. The fraction of sp³-hybridized carbons (Fsp3) is 0.167. The maximum Gasteiger partial charge on any atom is 0.275 e. The molecule has 0 aliphatic carbocycles. The smallest absolute Gasteiger partial charge is 0.275 e. The number of carbonyl (C=O) groups is 1. The number of aryl methyl sites for hydroxylation is 1.